The molecule has 0 N–H and O–H groups in total. The summed E-state index contributed by atoms with van der Waals surface area (Å²) in [5.74, 6) is 0. The summed E-state index contributed by atoms with van der Waals surface area (Å²) < 4.78 is 0. The molecule has 1 heteroatoms. The predicted molar refractivity (Wildman–Crippen MR) is 327 cm³/mol. The van der Waals surface area contributed by atoms with E-state index >= 15 is 0 Å². The predicted octanol–water partition coefficient (Wildman–Crippen LogP) is 20.5. The first-order valence-corrected chi connectivity index (χ1v) is 28.0. The molecule has 4 aliphatic rings. The molecule has 0 fully saturated rings. The van der Waals surface area contributed by atoms with E-state index < -0.39 is 0 Å². The normalized spacial score (nSPS) is 16.4. The van der Waals surface area contributed by atoms with Gasteiger partial charge in [-0.05, 0) is 180 Å². The summed E-state index contributed by atoms with van der Waals surface area (Å²) in [6.07, 6.45) is 22.5. The molecule has 0 saturated carbocycles. The summed E-state index contributed by atoms with van der Waals surface area (Å²) in [4.78, 5) is 2.47. The average Bonchev–Trinajstić information content (AvgIpc) is 4.15. The number of hydrogen-bond acceptors (Lipinski definition) is 1. The van der Waals surface area contributed by atoms with Crippen LogP contribution in [0, 0.1) is 0 Å². The number of nitrogens with zero attached hydrogens (tertiary/aromatic N) is 1. The van der Waals surface area contributed by atoms with Crippen molar-refractivity contribution in [2.24, 2.45) is 0 Å². The molecule has 0 spiro atoms. The highest BCUT2D eigenvalue weighted by Crippen LogP contribution is 2.59. The maximum atomic E-state index is 2.52. The second-order valence-electron chi connectivity index (χ2n) is 21.5. The molecule has 1 nitrogen and oxygen atoms in total. The molecule has 1 atom stereocenters. The molecule has 14 rings (SSSR count). The SMILES string of the molecule is CCC1(CC)c2cc(/C=C/c3cccc4c3-c3ccccc3C4(C3=CC=CCC3)c3ccccc3)ccc2-c2ccc(N(c3ccc(-c4cccc5c4CCC=C5)cc3)c3ccc(-c4cccc5ccccc45)cc3)cc21. The monoisotopic (exact) mass is 987 g/mol. The Morgan fingerprint density at radius 1 is 0.468 bits per heavy atom. The van der Waals surface area contributed by atoms with Crippen molar-refractivity contribution < 1.29 is 0 Å². The lowest BCUT2D eigenvalue weighted by Gasteiger charge is -2.36. The van der Waals surface area contributed by atoms with Crippen molar-refractivity contribution in [2.45, 2.75) is 63.2 Å². The average molecular weight is 988 g/mol. The van der Waals surface area contributed by atoms with Gasteiger partial charge in [-0.15, -0.1) is 0 Å². The molecule has 0 saturated heterocycles. The summed E-state index contributed by atoms with van der Waals surface area (Å²) in [7, 11) is 0. The van der Waals surface area contributed by atoms with Crippen molar-refractivity contribution in [3.63, 3.8) is 0 Å². The van der Waals surface area contributed by atoms with Crippen molar-refractivity contribution in [2.75, 3.05) is 4.90 Å². The number of fused-ring (bicyclic) bond motifs is 8. The summed E-state index contributed by atoms with van der Waals surface area (Å²) >= 11 is 0. The van der Waals surface area contributed by atoms with Gasteiger partial charge in [-0.25, -0.2) is 0 Å². The molecule has 0 radical (unpaired) electrons. The van der Waals surface area contributed by atoms with E-state index in [1.807, 2.05) is 0 Å². The van der Waals surface area contributed by atoms with Crippen LogP contribution in [0.25, 0.3) is 73.5 Å². The lowest BCUT2D eigenvalue weighted by atomic mass is 9.65. The van der Waals surface area contributed by atoms with Crippen LogP contribution in [-0.2, 0) is 17.3 Å². The van der Waals surface area contributed by atoms with Crippen LogP contribution in [0.5, 0.6) is 0 Å². The molecule has 0 aromatic heterocycles. The highest BCUT2D eigenvalue weighted by atomic mass is 15.1. The van der Waals surface area contributed by atoms with Gasteiger partial charge in [0.2, 0.25) is 0 Å². The van der Waals surface area contributed by atoms with E-state index in [0.717, 1.165) is 49.9 Å². The standard InChI is InChI=1S/C76H61N/c1-3-75(4-2)72-50-52(36-38-57-24-19-35-71-74(57)69-31-15-16-34-70(69)76(71,58-25-7-5-8-26-58)59-27-9-6-10-28-59)37-48-67(72)68-49-47-62(51-73(68)75)77(60-43-39-55(40-44-60)65-32-17-22-53-20-11-13-29-63(53)65)61-45-41-56(42-46-61)66-33-18-23-54-21-12-14-30-64(54)66/h5-9,11-13,15-27,29,31-51H,3-4,10,14,28,30H2,1-2H3/b38-36+. The molecule has 4 aliphatic carbocycles. The van der Waals surface area contributed by atoms with Crippen LogP contribution in [0.1, 0.15) is 96.0 Å². The molecule has 10 aromatic carbocycles. The minimum atomic E-state index is -0.346. The highest BCUT2D eigenvalue weighted by Gasteiger charge is 2.47. The maximum Gasteiger partial charge on any atom is 0.0676 e. The lowest BCUT2D eigenvalue weighted by Crippen LogP contribution is -2.30. The van der Waals surface area contributed by atoms with Crippen LogP contribution in [-0.4, -0.2) is 0 Å². The number of anilines is 3. The van der Waals surface area contributed by atoms with Crippen LogP contribution in [0.15, 0.2) is 248 Å². The van der Waals surface area contributed by atoms with Gasteiger partial charge in [-0.3, -0.25) is 0 Å². The number of benzene rings is 10. The van der Waals surface area contributed by atoms with Crippen LogP contribution in [0.2, 0.25) is 0 Å². The zero-order valence-electron chi connectivity index (χ0n) is 44.0. The molecule has 0 aliphatic heterocycles. The van der Waals surface area contributed by atoms with Gasteiger partial charge in [-0.1, -0.05) is 244 Å². The Hall–Kier alpha value is -8.78. The quantitative estimate of drug-likeness (QED) is 0.117. The summed E-state index contributed by atoms with van der Waals surface area (Å²) in [5, 5.41) is 2.53. The third kappa shape index (κ3) is 7.50. The van der Waals surface area contributed by atoms with Gasteiger partial charge in [0, 0.05) is 22.5 Å². The van der Waals surface area contributed by atoms with E-state index in [4.69, 9.17) is 0 Å². The van der Waals surface area contributed by atoms with Crippen molar-refractivity contribution in [3.8, 4) is 44.5 Å². The van der Waals surface area contributed by atoms with E-state index in [1.165, 1.54) is 117 Å². The fourth-order valence-corrected chi connectivity index (χ4v) is 14.1. The van der Waals surface area contributed by atoms with E-state index in [2.05, 4.69) is 280 Å². The number of allylic oxidation sites excluding steroid dienone is 5. The van der Waals surface area contributed by atoms with Crippen LogP contribution >= 0.6 is 0 Å². The van der Waals surface area contributed by atoms with Gasteiger partial charge in [0.15, 0.2) is 0 Å². The molecule has 10 aromatic rings. The highest BCUT2D eigenvalue weighted by molar-refractivity contribution is 5.98. The first-order valence-electron chi connectivity index (χ1n) is 28.0. The van der Waals surface area contributed by atoms with Gasteiger partial charge in [0.1, 0.15) is 0 Å². The van der Waals surface area contributed by atoms with Gasteiger partial charge in [0.25, 0.3) is 0 Å². The van der Waals surface area contributed by atoms with Crippen LogP contribution in [0.3, 0.4) is 0 Å². The van der Waals surface area contributed by atoms with Gasteiger partial charge < -0.3 is 4.90 Å². The summed E-state index contributed by atoms with van der Waals surface area (Å²) in [6.45, 7) is 4.78. The van der Waals surface area contributed by atoms with E-state index in [0.29, 0.717) is 0 Å². The first kappa shape index (κ1) is 46.7. The van der Waals surface area contributed by atoms with Crippen molar-refractivity contribution in [3.05, 3.63) is 298 Å². The van der Waals surface area contributed by atoms with Crippen molar-refractivity contribution in [1.82, 2.24) is 0 Å². The molecule has 0 heterocycles. The van der Waals surface area contributed by atoms with Gasteiger partial charge in [0.05, 0.1) is 5.41 Å². The third-order valence-corrected chi connectivity index (χ3v) is 17.8. The maximum absolute atomic E-state index is 2.52. The fraction of sp³-hybridized carbons (Fsp3) is 0.132. The van der Waals surface area contributed by atoms with Crippen LogP contribution < -0.4 is 4.90 Å². The van der Waals surface area contributed by atoms with E-state index in [1.54, 1.807) is 0 Å². The zero-order chi connectivity index (χ0) is 51.5. The van der Waals surface area contributed by atoms with Crippen molar-refractivity contribution in [1.29, 1.82) is 0 Å². The zero-order valence-corrected chi connectivity index (χ0v) is 44.0. The number of rotatable bonds is 11. The van der Waals surface area contributed by atoms with E-state index in [-0.39, 0.29) is 10.8 Å². The number of hydrogen-bond donors (Lipinski definition) is 0. The summed E-state index contributed by atoms with van der Waals surface area (Å²) in [5.41, 5.74) is 27.0. The first-order chi connectivity index (χ1) is 38.1. The Labute approximate surface area is 454 Å². The Kier molecular flexibility index (Phi) is 11.6. The molecule has 370 valence electrons. The van der Waals surface area contributed by atoms with E-state index in [9.17, 15) is 0 Å². The molecule has 77 heavy (non-hydrogen) atoms. The van der Waals surface area contributed by atoms with Gasteiger partial charge >= 0.3 is 0 Å². The Balaban J connectivity index is 0.848. The molecular formula is C76H61N. The van der Waals surface area contributed by atoms with Crippen molar-refractivity contribution >= 4 is 46.1 Å². The lowest BCUT2D eigenvalue weighted by molar-refractivity contribution is 0.490. The minimum Gasteiger partial charge on any atom is -0.310 e. The second-order valence-corrected chi connectivity index (χ2v) is 21.5. The Morgan fingerprint density at radius 3 is 1.90 bits per heavy atom. The topological polar surface area (TPSA) is 3.24 Å². The summed E-state index contributed by atoms with van der Waals surface area (Å²) in [6, 6.07) is 82.5. The molecule has 0 amide bonds. The molecular weight excluding hydrogens is 927 g/mol. The smallest absolute Gasteiger partial charge is 0.0676 e. The molecule has 0 bridgehead atoms. The Morgan fingerprint density at radius 2 is 1.10 bits per heavy atom. The second kappa shape index (κ2) is 19.1. The third-order valence-electron chi connectivity index (χ3n) is 17.8. The van der Waals surface area contributed by atoms with Crippen LogP contribution in [0.4, 0.5) is 17.1 Å². The minimum absolute atomic E-state index is 0.149. The largest absolute Gasteiger partial charge is 0.310 e. The van der Waals surface area contributed by atoms with Gasteiger partial charge in [-0.2, -0.15) is 0 Å². The Bertz CT molecular complexity index is 4040. The molecule has 1 unspecified atom stereocenters. The fourth-order valence-electron chi connectivity index (χ4n) is 14.1.